The number of ether oxygens (including phenoxy) is 1. The van der Waals surface area contributed by atoms with Gasteiger partial charge in [-0.15, -0.1) is 0 Å². The molecule has 0 radical (unpaired) electrons. The molecule has 2 amide bonds. The Hall–Kier alpha value is -3.97. The molecule has 1 aromatic heterocycles. The van der Waals surface area contributed by atoms with Crippen LogP contribution >= 0.6 is 0 Å². The van der Waals surface area contributed by atoms with Crippen molar-refractivity contribution in [1.29, 1.82) is 0 Å². The predicted octanol–water partition coefficient (Wildman–Crippen LogP) is 3.03. The first kappa shape index (κ1) is 27.6. The molecular formula is C27H28F4N6O3. The number of nitrogens with one attached hydrogen (secondary N) is 1. The fraction of sp³-hybridized carbons (Fsp3) is 0.370. The first-order valence-electron chi connectivity index (χ1n) is 12.7. The second kappa shape index (κ2) is 10.5. The molecule has 0 spiro atoms. The van der Waals surface area contributed by atoms with Gasteiger partial charge in [-0.2, -0.15) is 5.10 Å². The van der Waals surface area contributed by atoms with Crippen LogP contribution in [-0.4, -0.2) is 64.8 Å². The topological polar surface area (TPSA) is 128 Å². The number of likely N-dealkylation sites (tertiary alicyclic amines) is 1. The number of carbonyl (C=O) groups excluding carboxylic acids is 2. The number of piperidine rings is 1. The van der Waals surface area contributed by atoms with Crippen molar-refractivity contribution in [2.45, 2.75) is 37.9 Å². The highest BCUT2D eigenvalue weighted by Gasteiger charge is 2.49. The lowest BCUT2D eigenvalue weighted by Gasteiger charge is -2.44. The summed E-state index contributed by atoms with van der Waals surface area (Å²) in [5.41, 5.74) is 12.1. The standard InChI is InChI=1S/C27H28F4N6O3/c1-14-2-5-17(28)9-19(14)26(39)34-10-16-4-3-15(8-20(16)29)23-22(25(33)38)24(32)37(35-23)21-6-7-36(13-27(21,30)31)18-11-40-12-18/h2-5,8-9,18,21H,6-7,10-13,32H2,1H3,(H2,33,38)(H,34,39). The molecule has 0 bridgehead atoms. The molecule has 1 unspecified atom stereocenters. The second-order valence-electron chi connectivity index (χ2n) is 10.1. The number of aromatic nitrogens is 2. The highest BCUT2D eigenvalue weighted by molar-refractivity contribution is 6.03. The summed E-state index contributed by atoms with van der Waals surface area (Å²) >= 11 is 0. The Kier molecular flexibility index (Phi) is 7.27. The highest BCUT2D eigenvalue weighted by Crippen LogP contribution is 2.41. The maximum atomic E-state index is 15.3. The van der Waals surface area contributed by atoms with Crippen molar-refractivity contribution in [3.8, 4) is 11.3 Å². The van der Waals surface area contributed by atoms with E-state index in [9.17, 15) is 14.0 Å². The zero-order chi connectivity index (χ0) is 28.8. The van der Waals surface area contributed by atoms with Gasteiger partial charge in [0.2, 0.25) is 0 Å². The number of carbonyl (C=O) groups is 2. The van der Waals surface area contributed by atoms with Crippen molar-refractivity contribution in [2.24, 2.45) is 5.73 Å². The minimum Gasteiger partial charge on any atom is -0.383 e. The molecule has 40 heavy (non-hydrogen) atoms. The van der Waals surface area contributed by atoms with Crippen molar-refractivity contribution < 1.29 is 31.9 Å². The summed E-state index contributed by atoms with van der Waals surface area (Å²) in [6.45, 7) is 2.08. The van der Waals surface area contributed by atoms with Gasteiger partial charge in [0.15, 0.2) is 0 Å². The maximum Gasteiger partial charge on any atom is 0.282 e. The molecule has 1 atom stereocenters. The third kappa shape index (κ3) is 5.13. The number of rotatable bonds is 7. The molecule has 5 N–H and O–H groups in total. The summed E-state index contributed by atoms with van der Waals surface area (Å²) in [6.07, 6.45) is 0.0187. The zero-order valence-electron chi connectivity index (χ0n) is 21.6. The van der Waals surface area contributed by atoms with E-state index < -0.39 is 42.0 Å². The van der Waals surface area contributed by atoms with Gasteiger partial charge in [0.1, 0.15) is 34.8 Å². The van der Waals surface area contributed by atoms with Crippen LogP contribution in [-0.2, 0) is 11.3 Å². The molecule has 2 aromatic carbocycles. The van der Waals surface area contributed by atoms with Crippen LogP contribution in [0.1, 0.15) is 44.3 Å². The van der Waals surface area contributed by atoms with Crippen molar-refractivity contribution in [1.82, 2.24) is 20.0 Å². The van der Waals surface area contributed by atoms with Crippen LogP contribution in [0.4, 0.5) is 23.4 Å². The molecule has 2 fully saturated rings. The summed E-state index contributed by atoms with van der Waals surface area (Å²) in [4.78, 5) is 26.4. The lowest BCUT2D eigenvalue weighted by atomic mass is 9.98. The maximum absolute atomic E-state index is 15.3. The molecule has 9 nitrogen and oxygen atoms in total. The van der Waals surface area contributed by atoms with E-state index in [1.54, 1.807) is 11.8 Å². The van der Waals surface area contributed by atoms with Gasteiger partial charge in [-0.25, -0.2) is 22.2 Å². The highest BCUT2D eigenvalue weighted by atomic mass is 19.3. The smallest absolute Gasteiger partial charge is 0.282 e. The van der Waals surface area contributed by atoms with Crippen molar-refractivity contribution in [3.63, 3.8) is 0 Å². The second-order valence-corrected chi connectivity index (χ2v) is 10.1. The van der Waals surface area contributed by atoms with Crippen LogP contribution in [0.3, 0.4) is 0 Å². The van der Waals surface area contributed by atoms with E-state index in [-0.39, 0.29) is 52.8 Å². The average molecular weight is 561 g/mol. The molecule has 0 aliphatic carbocycles. The van der Waals surface area contributed by atoms with E-state index in [1.807, 2.05) is 0 Å². The van der Waals surface area contributed by atoms with E-state index in [4.69, 9.17) is 16.2 Å². The lowest BCUT2D eigenvalue weighted by molar-refractivity contribution is -0.149. The van der Waals surface area contributed by atoms with Gasteiger partial charge in [-0.05, 0) is 37.1 Å². The van der Waals surface area contributed by atoms with Crippen LogP contribution < -0.4 is 16.8 Å². The molecule has 3 aromatic rings. The number of anilines is 1. The minimum atomic E-state index is -3.21. The van der Waals surface area contributed by atoms with Crippen molar-refractivity contribution in [2.75, 3.05) is 32.0 Å². The number of nitrogens with two attached hydrogens (primary N) is 2. The number of benzene rings is 2. The van der Waals surface area contributed by atoms with Gasteiger partial charge in [-0.3, -0.25) is 14.5 Å². The number of halogens is 4. The number of hydrogen-bond acceptors (Lipinski definition) is 6. The summed E-state index contributed by atoms with van der Waals surface area (Å²) in [7, 11) is 0. The van der Waals surface area contributed by atoms with E-state index in [2.05, 4.69) is 10.4 Å². The summed E-state index contributed by atoms with van der Waals surface area (Å²) in [5, 5.41) is 6.77. The fourth-order valence-corrected chi connectivity index (χ4v) is 5.08. The van der Waals surface area contributed by atoms with Crippen molar-refractivity contribution in [3.05, 3.63) is 70.3 Å². The van der Waals surface area contributed by atoms with Gasteiger partial charge in [0, 0.05) is 29.8 Å². The quantitative estimate of drug-likeness (QED) is 0.381. The minimum absolute atomic E-state index is 0.0187. The molecule has 3 heterocycles. The molecule has 2 saturated heterocycles. The molecule has 0 saturated carbocycles. The largest absolute Gasteiger partial charge is 0.383 e. The number of nitrogen functional groups attached to an aromatic ring is 1. The van der Waals surface area contributed by atoms with Gasteiger partial charge in [0.25, 0.3) is 17.7 Å². The number of alkyl halides is 2. The van der Waals surface area contributed by atoms with Crippen LogP contribution in [0.25, 0.3) is 11.3 Å². The number of nitrogens with zero attached hydrogens (tertiary/aromatic N) is 3. The van der Waals surface area contributed by atoms with E-state index in [1.165, 1.54) is 24.3 Å². The van der Waals surface area contributed by atoms with E-state index >= 15 is 13.2 Å². The number of hydrogen-bond donors (Lipinski definition) is 3. The molecule has 212 valence electrons. The predicted molar refractivity (Wildman–Crippen MR) is 138 cm³/mol. The molecule has 2 aliphatic rings. The SMILES string of the molecule is Cc1ccc(F)cc1C(=O)NCc1ccc(-c2nn(C3CCN(C4COC4)CC3(F)F)c(N)c2C(N)=O)cc1F. The van der Waals surface area contributed by atoms with Crippen LogP contribution in [0.15, 0.2) is 36.4 Å². The van der Waals surface area contributed by atoms with Gasteiger partial charge in [0.05, 0.1) is 25.8 Å². The van der Waals surface area contributed by atoms with Crippen LogP contribution in [0.5, 0.6) is 0 Å². The summed E-state index contributed by atoms with van der Waals surface area (Å²) < 4.78 is 65.2. The monoisotopic (exact) mass is 560 g/mol. The Labute approximate surface area is 227 Å². The molecule has 13 heteroatoms. The number of primary amides is 1. The Bertz CT molecular complexity index is 1470. The molecule has 2 aliphatic heterocycles. The summed E-state index contributed by atoms with van der Waals surface area (Å²) in [6, 6.07) is 6.13. The van der Waals surface area contributed by atoms with Gasteiger partial charge in [-0.1, -0.05) is 18.2 Å². The zero-order valence-corrected chi connectivity index (χ0v) is 21.6. The van der Waals surface area contributed by atoms with E-state index in [0.717, 1.165) is 16.8 Å². The Morgan fingerprint density at radius 1 is 1.18 bits per heavy atom. The van der Waals surface area contributed by atoms with Gasteiger partial charge >= 0.3 is 0 Å². The Morgan fingerprint density at radius 3 is 2.55 bits per heavy atom. The number of aryl methyl sites for hydroxylation is 1. The molecular weight excluding hydrogens is 532 g/mol. The van der Waals surface area contributed by atoms with Crippen LogP contribution in [0, 0.1) is 18.6 Å². The van der Waals surface area contributed by atoms with Crippen molar-refractivity contribution >= 4 is 17.6 Å². The Balaban J connectivity index is 1.38. The van der Waals surface area contributed by atoms with Gasteiger partial charge < -0.3 is 21.5 Å². The normalized spacial score (nSPS) is 19.3. The Morgan fingerprint density at radius 2 is 1.93 bits per heavy atom. The average Bonchev–Trinajstić information content (AvgIpc) is 3.19. The first-order valence-corrected chi connectivity index (χ1v) is 12.7. The third-order valence-corrected chi connectivity index (χ3v) is 7.43. The molecule has 5 rings (SSSR count). The third-order valence-electron chi connectivity index (χ3n) is 7.43. The van der Waals surface area contributed by atoms with E-state index in [0.29, 0.717) is 25.3 Å². The lowest BCUT2D eigenvalue weighted by Crippen LogP contribution is -2.58. The fourth-order valence-electron chi connectivity index (χ4n) is 5.08. The number of amides is 2. The first-order chi connectivity index (χ1) is 19.0. The van der Waals surface area contributed by atoms with Crippen LogP contribution in [0.2, 0.25) is 0 Å². The summed E-state index contributed by atoms with van der Waals surface area (Å²) in [5.74, 6) is -6.44.